The van der Waals surface area contributed by atoms with Crippen LogP contribution >= 0.6 is 0 Å². The van der Waals surface area contributed by atoms with Crippen LogP contribution in [0.3, 0.4) is 0 Å². The lowest BCUT2D eigenvalue weighted by molar-refractivity contribution is -0.141. The lowest BCUT2D eigenvalue weighted by Crippen LogP contribution is -2.47. The van der Waals surface area contributed by atoms with Gasteiger partial charge in [-0.1, -0.05) is 0 Å². The number of hydrogen-bond acceptors (Lipinski definition) is 4. The van der Waals surface area contributed by atoms with Gasteiger partial charge in [0, 0.05) is 32.1 Å². The molecule has 12 heteroatoms. The Morgan fingerprint density at radius 2 is 1.80 bits per heavy atom. The summed E-state index contributed by atoms with van der Waals surface area (Å²) in [6.07, 6.45) is -6.15. The Bertz CT molecular complexity index is 765. The van der Waals surface area contributed by atoms with E-state index < -0.39 is 43.7 Å². The number of amides is 1. The van der Waals surface area contributed by atoms with Crippen LogP contribution in [0.4, 0.5) is 22.4 Å². The highest BCUT2D eigenvalue weighted by atomic mass is 32.2. The number of likely N-dealkylation sites (tertiary alicyclic amines) is 1. The number of alkyl halides is 4. The normalized spacial score (nSPS) is 19.7. The third kappa shape index (κ3) is 3.44. The molecule has 1 atom stereocenters. The molecule has 2 heterocycles. The molecule has 0 radical (unpaired) electrons. The summed E-state index contributed by atoms with van der Waals surface area (Å²) in [5, 5.41) is 8.26. The van der Waals surface area contributed by atoms with E-state index in [0.29, 0.717) is 10.7 Å². The average Bonchev–Trinajstić information content (AvgIpc) is 2.90. The van der Waals surface area contributed by atoms with E-state index in [2.05, 4.69) is 5.10 Å². The molecule has 1 N–H and O–H groups in total. The monoisotopic (exact) mass is 387 g/mol. The summed E-state index contributed by atoms with van der Waals surface area (Å²) in [7, 11) is -3.79. The van der Waals surface area contributed by atoms with Gasteiger partial charge in [-0.3, -0.25) is 4.68 Å². The van der Waals surface area contributed by atoms with Crippen LogP contribution in [0.2, 0.25) is 0 Å². The number of carbonyl (C=O) groups is 1. The number of sulfone groups is 1. The van der Waals surface area contributed by atoms with E-state index >= 15 is 4.39 Å². The highest BCUT2D eigenvalue weighted by molar-refractivity contribution is 7.92. The van der Waals surface area contributed by atoms with Crippen LogP contribution in [0.1, 0.15) is 25.5 Å². The first-order valence-corrected chi connectivity index (χ1v) is 8.79. The Kier molecular flexibility index (Phi) is 4.79. The Balaban J connectivity index is 2.32. The number of halogens is 4. The number of aryl methyl sites for hydroxylation is 1. The van der Waals surface area contributed by atoms with E-state index in [9.17, 15) is 26.4 Å². The van der Waals surface area contributed by atoms with Gasteiger partial charge in [-0.2, -0.15) is 18.3 Å². The fourth-order valence-electron chi connectivity index (χ4n) is 2.85. The zero-order chi connectivity index (χ0) is 19.2. The Morgan fingerprint density at radius 1 is 1.28 bits per heavy atom. The molecule has 1 aromatic heterocycles. The van der Waals surface area contributed by atoms with E-state index in [-0.39, 0.29) is 25.9 Å². The van der Waals surface area contributed by atoms with Gasteiger partial charge in [0.25, 0.3) is 0 Å². The number of hydrogen-bond donors (Lipinski definition) is 1. The number of nitrogens with zero attached hydrogens (tertiary/aromatic N) is 3. The zero-order valence-corrected chi connectivity index (χ0v) is 14.2. The van der Waals surface area contributed by atoms with Crippen molar-refractivity contribution in [1.82, 2.24) is 14.7 Å². The predicted molar refractivity (Wildman–Crippen MR) is 77.2 cm³/mol. The molecule has 0 unspecified atom stereocenters. The van der Waals surface area contributed by atoms with Crippen molar-refractivity contribution >= 4 is 15.9 Å². The van der Waals surface area contributed by atoms with E-state index in [1.54, 1.807) is 0 Å². The minimum atomic E-state index is -4.86. The minimum Gasteiger partial charge on any atom is -0.465 e. The summed E-state index contributed by atoms with van der Waals surface area (Å²) in [5.74, 6) is -1.04. The molecule has 1 fully saturated rings. The topological polar surface area (TPSA) is 92.5 Å². The van der Waals surface area contributed by atoms with Gasteiger partial charge in [0.05, 0.1) is 0 Å². The maximum atomic E-state index is 15.2. The van der Waals surface area contributed by atoms with E-state index in [1.807, 2.05) is 0 Å². The molecule has 25 heavy (non-hydrogen) atoms. The molecule has 0 bridgehead atoms. The molecule has 0 aromatic carbocycles. The summed E-state index contributed by atoms with van der Waals surface area (Å²) in [5.41, 5.74) is -1.43. The maximum absolute atomic E-state index is 15.2. The van der Waals surface area contributed by atoms with Crippen molar-refractivity contribution in [3.8, 4) is 0 Å². The quantitative estimate of drug-likeness (QED) is 0.804. The lowest BCUT2D eigenvalue weighted by Gasteiger charge is -2.36. The summed E-state index contributed by atoms with van der Waals surface area (Å²) in [4.78, 5) is 11.9. The molecular formula is C13H17F4N3O4S. The van der Waals surface area contributed by atoms with Gasteiger partial charge in [0.1, 0.15) is 0 Å². The second-order valence-electron chi connectivity index (χ2n) is 6.02. The largest absolute Gasteiger partial charge is 0.465 e. The number of carboxylic acid groups (broad SMARTS) is 1. The summed E-state index contributed by atoms with van der Waals surface area (Å²) in [6, 6.07) is 0.305. The number of piperidine rings is 1. The van der Waals surface area contributed by atoms with Crippen molar-refractivity contribution in [2.75, 3.05) is 13.1 Å². The number of rotatable bonds is 3. The molecule has 1 aromatic rings. The lowest BCUT2D eigenvalue weighted by atomic mass is 9.92. The highest BCUT2D eigenvalue weighted by Gasteiger charge is 2.50. The van der Waals surface area contributed by atoms with Gasteiger partial charge in [-0.25, -0.2) is 17.6 Å². The predicted octanol–water partition coefficient (Wildman–Crippen LogP) is 2.29. The molecule has 1 amide bonds. The van der Waals surface area contributed by atoms with Crippen molar-refractivity contribution in [2.45, 2.75) is 36.0 Å². The molecule has 1 saturated heterocycles. The molecule has 142 valence electrons. The van der Waals surface area contributed by atoms with Gasteiger partial charge in [0.2, 0.25) is 14.8 Å². The third-order valence-electron chi connectivity index (χ3n) is 4.42. The molecule has 7 nitrogen and oxygen atoms in total. The highest BCUT2D eigenvalue weighted by Crippen LogP contribution is 2.40. The molecule has 0 saturated carbocycles. The molecule has 1 aliphatic rings. The zero-order valence-electron chi connectivity index (χ0n) is 13.4. The van der Waals surface area contributed by atoms with Crippen molar-refractivity contribution < 1.29 is 35.9 Å². The molecule has 2 rings (SSSR count). The minimum absolute atomic E-state index is 0.0474. The van der Waals surface area contributed by atoms with Crippen molar-refractivity contribution in [3.05, 3.63) is 11.8 Å². The van der Waals surface area contributed by atoms with E-state index in [0.717, 1.165) is 18.9 Å². The van der Waals surface area contributed by atoms with Crippen LogP contribution in [0, 0.1) is 5.92 Å². The Morgan fingerprint density at radius 3 is 2.20 bits per heavy atom. The summed E-state index contributed by atoms with van der Waals surface area (Å²) >= 11 is 0. The van der Waals surface area contributed by atoms with Gasteiger partial charge < -0.3 is 10.0 Å². The van der Waals surface area contributed by atoms with Crippen LogP contribution in [-0.4, -0.2) is 52.4 Å². The molecule has 0 aliphatic carbocycles. The Labute approximate surface area is 141 Å². The first kappa shape index (κ1) is 19.5. The van der Waals surface area contributed by atoms with Crippen molar-refractivity contribution in [1.29, 1.82) is 0 Å². The maximum Gasteiger partial charge on any atom is 0.435 e. The summed E-state index contributed by atoms with van der Waals surface area (Å²) < 4.78 is 79.0. The third-order valence-corrected chi connectivity index (χ3v) is 6.74. The van der Waals surface area contributed by atoms with Crippen molar-refractivity contribution in [3.63, 3.8) is 0 Å². The van der Waals surface area contributed by atoms with Gasteiger partial charge in [-0.15, -0.1) is 0 Å². The molecule has 0 spiro atoms. The first-order chi connectivity index (χ1) is 11.3. The van der Waals surface area contributed by atoms with Crippen LogP contribution < -0.4 is 0 Å². The summed E-state index contributed by atoms with van der Waals surface area (Å²) in [6.45, 7) is 0.701. The number of aromatic nitrogens is 2. The van der Waals surface area contributed by atoms with Gasteiger partial charge >= 0.3 is 12.3 Å². The molecule has 1 aliphatic heterocycles. The smallest absolute Gasteiger partial charge is 0.435 e. The van der Waals surface area contributed by atoms with Crippen LogP contribution in [0.15, 0.2) is 11.1 Å². The standard InChI is InChI=1S/C13H17F4N3O4S/c1-12(14,8-3-5-20(6-4-8)11(21)22)25(23,24)10-7-9(13(15,16)17)18-19(10)2/h7-8H,3-6H2,1-2H3,(H,21,22)/t12-/m0/s1. The van der Waals surface area contributed by atoms with E-state index in [4.69, 9.17) is 5.11 Å². The fraction of sp³-hybridized carbons (Fsp3) is 0.692. The van der Waals surface area contributed by atoms with Crippen LogP contribution in [-0.2, 0) is 23.1 Å². The Hall–Kier alpha value is -1.85. The van der Waals surface area contributed by atoms with Crippen LogP contribution in [0.25, 0.3) is 0 Å². The average molecular weight is 387 g/mol. The molecular weight excluding hydrogens is 370 g/mol. The van der Waals surface area contributed by atoms with Crippen molar-refractivity contribution in [2.24, 2.45) is 13.0 Å². The van der Waals surface area contributed by atoms with Gasteiger partial charge in [0.15, 0.2) is 10.7 Å². The second kappa shape index (κ2) is 6.15. The fourth-order valence-corrected chi connectivity index (χ4v) is 4.59. The van der Waals surface area contributed by atoms with E-state index in [1.165, 1.54) is 0 Å². The SMILES string of the molecule is Cn1nc(C(F)(F)F)cc1S(=O)(=O)[C@](C)(F)C1CCN(C(=O)O)CC1. The second-order valence-corrected chi connectivity index (χ2v) is 8.25. The first-order valence-electron chi connectivity index (χ1n) is 7.31. The van der Waals surface area contributed by atoms with Crippen LogP contribution in [0.5, 0.6) is 0 Å². The van der Waals surface area contributed by atoms with Gasteiger partial charge in [-0.05, 0) is 19.8 Å².